The number of carbonyl (C=O) groups is 1. The van der Waals surface area contributed by atoms with Crippen LogP contribution in [0.25, 0.3) is 22.4 Å². The number of benzene rings is 2. The molecule has 0 aliphatic heterocycles. The molecule has 1 aromatic heterocycles. The molecular weight excluding hydrogens is 440 g/mol. The summed E-state index contributed by atoms with van der Waals surface area (Å²) >= 11 is 0. The van der Waals surface area contributed by atoms with E-state index >= 15 is 0 Å². The van der Waals surface area contributed by atoms with E-state index in [2.05, 4.69) is 54.1 Å². The molecule has 1 heterocycles. The summed E-state index contributed by atoms with van der Waals surface area (Å²) in [5.41, 5.74) is 5.91. The van der Waals surface area contributed by atoms with Crippen molar-refractivity contribution >= 4 is 5.97 Å². The highest BCUT2D eigenvalue weighted by Crippen LogP contribution is 2.38. The molecule has 0 amide bonds. The molecule has 1 aliphatic carbocycles. The molecule has 2 aromatic carbocycles. The summed E-state index contributed by atoms with van der Waals surface area (Å²) in [4.78, 5) is 10.7. The monoisotopic (exact) mass is 476 g/mol. The highest BCUT2D eigenvalue weighted by atomic mass is 16.5. The van der Waals surface area contributed by atoms with Crippen molar-refractivity contribution in [2.45, 2.75) is 52.0 Å². The smallest absolute Gasteiger partial charge is 0.329 e. The van der Waals surface area contributed by atoms with Gasteiger partial charge >= 0.3 is 5.97 Å². The van der Waals surface area contributed by atoms with Crippen LogP contribution in [-0.2, 0) is 22.5 Å². The first-order valence-corrected chi connectivity index (χ1v) is 12.7. The third-order valence-electron chi connectivity index (χ3n) is 6.91. The minimum absolute atomic E-state index is 0.207. The molecule has 0 spiro atoms. The quantitative estimate of drug-likeness (QED) is 0.363. The highest BCUT2D eigenvalue weighted by molar-refractivity contribution is 5.83. The van der Waals surface area contributed by atoms with E-state index in [4.69, 9.17) is 19.7 Å². The number of carboxylic acid groups (broad SMARTS) is 1. The number of nitrogens with zero attached hydrogens (tertiary/aromatic N) is 2. The van der Waals surface area contributed by atoms with Gasteiger partial charge in [0.2, 0.25) is 0 Å². The standard InChI is InChI=1S/C29H36N2O4/c1-3-7-26-28(23-8-5-4-6-9-23)29(24-14-16-25(34-2)17-15-24)31(30-26)18-21-10-12-22(13-11-21)19-35-20-27(32)33/h4-6,8-9,14-17,21-22H,3,7,10-13,18-20H2,1-2H3,(H,32,33)/t21-,22-. The van der Waals surface area contributed by atoms with Gasteiger partial charge in [0, 0.05) is 17.7 Å². The minimum Gasteiger partial charge on any atom is -0.497 e. The number of ether oxygens (including phenoxy) is 2. The number of hydrogen-bond acceptors (Lipinski definition) is 4. The van der Waals surface area contributed by atoms with Crippen LogP contribution >= 0.6 is 0 Å². The Morgan fingerprint density at radius 3 is 2.31 bits per heavy atom. The number of methoxy groups -OCH3 is 1. The molecule has 0 unspecified atom stereocenters. The Hall–Kier alpha value is -3.12. The molecule has 0 atom stereocenters. The fourth-order valence-electron chi connectivity index (χ4n) is 5.14. The number of aliphatic carboxylic acids is 1. The number of hydrogen-bond donors (Lipinski definition) is 1. The van der Waals surface area contributed by atoms with Gasteiger partial charge in [0.1, 0.15) is 12.4 Å². The zero-order valence-corrected chi connectivity index (χ0v) is 20.8. The van der Waals surface area contributed by atoms with Crippen LogP contribution < -0.4 is 4.74 Å². The Balaban J connectivity index is 1.61. The molecule has 4 rings (SSSR count). The van der Waals surface area contributed by atoms with Crippen molar-refractivity contribution in [3.8, 4) is 28.1 Å². The van der Waals surface area contributed by atoms with Crippen molar-refractivity contribution in [3.05, 3.63) is 60.3 Å². The lowest BCUT2D eigenvalue weighted by atomic mass is 9.82. The number of aryl methyl sites for hydroxylation is 1. The molecule has 1 aliphatic rings. The third-order valence-corrected chi connectivity index (χ3v) is 6.91. The summed E-state index contributed by atoms with van der Waals surface area (Å²) in [6.45, 7) is 3.42. The predicted octanol–water partition coefficient (Wildman–Crippen LogP) is 6.09. The van der Waals surface area contributed by atoms with Gasteiger partial charge in [0.05, 0.1) is 25.1 Å². The van der Waals surface area contributed by atoms with Crippen LogP contribution in [0.15, 0.2) is 54.6 Å². The summed E-state index contributed by atoms with van der Waals surface area (Å²) in [6, 6.07) is 18.9. The maximum atomic E-state index is 10.7. The molecule has 1 saturated carbocycles. The molecule has 0 bridgehead atoms. The van der Waals surface area contributed by atoms with Gasteiger partial charge in [-0.15, -0.1) is 0 Å². The van der Waals surface area contributed by atoms with Gasteiger partial charge < -0.3 is 14.6 Å². The Morgan fingerprint density at radius 1 is 1.00 bits per heavy atom. The van der Waals surface area contributed by atoms with Gasteiger partial charge in [0.25, 0.3) is 0 Å². The van der Waals surface area contributed by atoms with Gasteiger partial charge in [-0.05, 0) is 73.8 Å². The molecule has 1 fully saturated rings. The molecule has 0 radical (unpaired) electrons. The fourth-order valence-corrected chi connectivity index (χ4v) is 5.14. The van der Waals surface area contributed by atoms with Gasteiger partial charge in [-0.2, -0.15) is 5.10 Å². The van der Waals surface area contributed by atoms with Crippen LogP contribution in [0.2, 0.25) is 0 Å². The van der Waals surface area contributed by atoms with E-state index in [1.165, 1.54) is 16.8 Å². The van der Waals surface area contributed by atoms with Gasteiger partial charge in [-0.25, -0.2) is 4.79 Å². The van der Waals surface area contributed by atoms with E-state index < -0.39 is 5.97 Å². The fraction of sp³-hybridized carbons (Fsp3) is 0.448. The van der Waals surface area contributed by atoms with E-state index in [9.17, 15) is 4.79 Å². The second kappa shape index (κ2) is 12.0. The number of aromatic nitrogens is 2. The van der Waals surface area contributed by atoms with E-state index in [1.54, 1.807) is 7.11 Å². The summed E-state index contributed by atoms with van der Waals surface area (Å²) < 4.78 is 13.0. The van der Waals surface area contributed by atoms with Gasteiger partial charge in [-0.1, -0.05) is 43.7 Å². The van der Waals surface area contributed by atoms with E-state index in [0.29, 0.717) is 18.4 Å². The first-order valence-electron chi connectivity index (χ1n) is 12.7. The van der Waals surface area contributed by atoms with Crippen LogP contribution in [0.4, 0.5) is 0 Å². The SMILES string of the molecule is CCCc1nn(C[C@H]2CC[C@H](COCC(=O)O)CC2)c(-c2ccc(OC)cc2)c1-c1ccccc1. The first kappa shape index (κ1) is 25.0. The van der Waals surface area contributed by atoms with Crippen molar-refractivity contribution in [1.82, 2.24) is 9.78 Å². The lowest BCUT2D eigenvalue weighted by Crippen LogP contribution is -2.23. The van der Waals surface area contributed by atoms with Crippen molar-refractivity contribution in [2.24, 2.45) is 11.8 Å². The van der Waals surface area contributed by atoms with Gasteiger partial charge in [0.15, 0.2) is 0 Å². The lowest BCUT2D eigenvalue weighted by Gasteiger charge is -2.28. The summed E-state index contributed by atoms with van der Waals surface area (Å²) in [7, 11) is 1.69. The Kier molecular flexibility index (Phi) is 8.59. The Morgan fingerprint density at radius 2 is 1.69 bits per heavy atom. The summed E-state index contributed by atoms with van der Waals surface area (Å²) in [6.07, 6.45) is 6.32. The molecule has 6 heteroatoms. The van der Waals surface area contributed by atoms with Crippen molar-refractivity contribution in [1.29, 1.82) is 0 Å². The maximum Gasteiger partial charge on any atom is 0.329 e. The summed E-state index contributed by atoms with van der Waals surface area (Å²) in [5, 5.41) is 14.0. The van der Waals surface area contributed by atoms with E-state index in [1.807, 2.05) is 12.1 Å². The average molecular weight is 477 g/mol. The predicted molar refractivity (Wildman–Crippen MR) is 138 cm³/mol. The molecule has 0 saturated heterocycles. The first-order chi connectivity index (χ1) is 17.1. The zero-order valence-electron chi connectivity index (χ0n) is 20.8. The van der Waals surface area contributed by atoms with Gasteiger partial charge in [-0.3, -0.25) is 4.68 Å². The van der Waals surface area contributed by atoms with Crippen molar-refractivity contribution in [2.75, 3.05) is 20.3 Å². The lowest BCUT2D eigenvalue weighted by molar-refractivity contribution is -0.142. The molecule has 186 valence electrons. The van der Waals surface area contributed by atoms with Crippen LogP contribution in [-0.4, -0.2) is 41.2 Å². The minimum atomic E-state index is -0.902. The normalized spacial score (nSPS) is 17.9. The molecule has 6 nitrogen and oxygen atoms in total. The summed E-state index contributed by atoms with van der Waals surface area (Å²) in [5.74, 6) is 0.930. The van der Waals surface area contributed by atoms with Crippen LogP contribution in [0, 0.1) is 11.8 Å². The molecular formula is C29H36N2O4. The topological polar surface area (TPSA) is 73.6 Å². The van der Waals surface area contributed by atoms with E-state index in [-0.39, 0.29) is 6.61 Å². The molecule has 35 heavy (non-hydrogen) atoms. The average Bonchev–Trinajstić information content (AvgIpc) is 3.23. The number of carboxylic acids is 1. The largest absolute Gasteiger partial charge is 0.497 e. The van der Waals surface area contributed by atoms with Crippen LogP contribution in [0.3, 0.4) is 0 Å². The zero-order chi connectivity index (χ0) is 24.6. The van der Waals surface area contributed by atoms with E-state index in [0.717, 1.165) is 62.1 Å². The third kappa shape index (κ3) is 6.31. The van der Waals surface area contributed by atoms with Crippen LogP contribution in [0.1, 0.15) is 44.7 Å². The number of rotatable bonds is 11. The Bertz CT molecular complexity index is 1080. The maximum absolute atomic E-state index is 10.7. The highest BCUT2D eigenvalue weighted by Gasteiger charge is 2.26. The van der Waals surface area contributed by atoms with Crippen molar-refractivity contribution < 1.29 is 19.4 Å². The second-order valence-corrected chi connectivity index (χ2v) is 9.49. The van der Waals surface area contributed by atoms with Crippen molar-refractivity contribution in [3.63, 3.8) is 0 Å². The molecule has 1 N–H and O–H groups in total. The molecule has 3 aromatic rings. The second-order valence-electron chi connectivity index (χ2n) is 9.49. The Labute approximate surface area is 207 Å². The van der Waals surface area contributed by atoms with Crippen LogP contribution in [0.5, 0.6) is 5.75 Å².